The molecule has 1 amide bonds. The second-order valence-electron chi connectivity index (χ2n) is 5.10. The Labute approximate surface area is 116 Å². The summed E-state index contributed by atoms with van der Waals surface area (Å²) in [5, 5.41) is 3.86. The van der Waals surface area contributed by atoms with E-state index in [0.717, 1.165) is 36.6 Å². The fourth-order valence-corrected chi connectivity index (χ4v) is 3.37. The van der Waals surface area contributed by atoms with Crippen LogP contribution < -0.4 is 0 Å². The minimum atomic E-state index is 0.148. The Balaban J connectivity index is 1.74. The summed E-state index contributed by atoms with van der Waals surface area (Å²) < 4.78 is 2.08. The molecule has 100 valence electrons. The Kier molecular flexibility index (Phi) is 3.14. The number of thiophene rings is 1. The zero-order valence-electron chi connectivity index (χ0n) is 11.2. The Morgan fingerprint density at radius 1 is 1.53 bits per heavy atom. The first-order valence-corrected chi connectivity index (χ1v) is 7.41. The maximum Gasteiger partial charge on any atom is 0.254 e. The summed E-state index contributed by atoms with van der Waals surface area (Å²) in [4.78, 5) is 18.8. The van der Waals surface area contributed by atoms with Crippen molar-refractivity contribution in [3.05, 3.63) is 40.1 Å². The molecule has 2 aromatic heterocycles. The van der Waals surface area contributed by atoms with Crippen LogP contribution in [-0.4, -0.2) is 33.4 Å². The second kappa shape index (κ2) is 4.81. The van der Waals surface area contributed by atoms with Crippen molar-refractivity contribution in [1.82, 2.24) is 14.5 Å². The van der Waals surface area contributed by atoms with Gasteiger partial charge in [-0.1, -0.05) is 0 Å². The Morgan fingerprint density at radius 3 is 3.00 bits per heavy atom. The third-order valence-corrected chi connectivity index (χ3v) is 4.32. The molecule has 0 N–H and O–H groups in total. The molecule has 1 atom stereocenters. The van der Waals surface area contributed by atoms with Gasteiger partial charge >= 0.3 is 0 Å². The Hall–Kier alpha value is -1.62. The van der Waals surface area contributed by atoms with Crippen molar-refractivity contribution in [2.24, 2.45) is 7.05 Å². The predicted molar refractivity (Wildman–Crippen MR) is 75.5 cm³/mol. The summed E-state index contributed by atoms with van der Waals surface area (Å²) in [6.07, 6.45) is 3.04. The van der Waals surface area contributed by atoms with Gasteiger partial charge in [-0.25, -0.2) is 4.98 Å². The van der Waals surface area contributed by atoms with Crippen LogP contribution in [0.2, 0.25) is 0 Å². The number of likely N-dealkylation sites (tertiary alicyclic amines) is 1. The molecule has 0 bridgehead atoms. The van der Waals surface area contributed by atoms with Gasteiger partial charge in [-0.2, -0.15) is 11.3 Å². The van der Waals surface area contributed by atoms with Gasteiger partial charge in [0, 0.05) is 37.6 Å². The first-order valence-electron chi connectivity index (χ1n) is 6.46. The van der Waals surface area contributed by atoms with E-state index in [2.05, 4.69) is 9.55 Å². The van der Waals surface area contributed by atoms with Gasteiger partial charge < -0.3 is 9.47 Å². The maximum absolute atomic E-state index is 12.3. The molecule has 1 unspecified atom stereocenters. The molecular weight excluding hydrogens is 258 g/mol. The fourth-order valence-electron chi connectivity index (χ4n) is 2.74. The van der Waals surface area contributed by atoms with Gasteiger partial charge in [-0.3, -0.25) is 4.79 Å². The lowest BCUT2D eigenvalue weighted by molar-refractivity contribution is 0.0791. The van der Waals surface area contributed by atoms with Crippen molar-refractivity contribution < 1.29 is 4.79 Å². The van der Waals surface area contributed by atoms with Crippen molar-refractivity contribution in [2.75, 3.05) is 13.1 Å². The van der Waals surface area contributed by atoms with E-state index < -0.39 is 0 Å². The number of imidazole rings is 1. The van der Waals surface area contributed by atoms with Crippen LogP contribution in [0.3, 0.4) is 0 Å². The molecule has 3 rings (SSSR count). The van der Waals surface area contributed by atoms with E-state index >= 15 is 0 Å². The lowest BCUT2D eigenvalue weighted by Gasteiger charge is -2.15. The average Bonchev–Trinajstić information content (AvgIpc) is 3.08. The number of amides is 1. The van der Waals surface area contributed by atoms with Gasteiger partial charge in [0.25, 0.3) is 5.91 Å². The number of nitrogens with zero attached hydrogens (tertiary/aromatic N) is 3. The van der Waals surface area contributed by atoms with Gasteiger partial charge in [0.05, 0.1) is 11.3 Å². The van der Waals surface area contributed by atoms with E-state index in [1.165, 1.54) is 0 Å². The smallest absolute Gasteiger partial charge is 0.254 e. The van der Waals surface area contributed by atoms with Gasteiger partial charge in [0.1, 0.15) is 5.82 Å². The first kappa shape index (κ1) is 12.4. The van der Waals surface area contributed by atoms with Crippen LogP contribution in [0.4, 0.5) is 0 Å². The van der Waals surface area contributed by atoms with Crippen molar-refractivity contribution >= 4 is 17.2 Å². The summed E-state index contributed by atoms with van der Waals surface area (Å²) in [7, 11) is 2.03. The average molecular weight is 275 g/mol. The zero-order valence-corrected chi connectivity index (χ0v) is 12.0. The molecule has 0 radical (unpaired) electrons. The fraction of sp³-hybridized carbons (Fsp3) is 0.429. The molecule has 0 aromatic carbocycles. The van der Waals surface area contributed by atoms with Gasteiger partial charge in [-0.05, 0) is 24.8 Å². The van der Waals surface area contributed by atoms with E-state index in [-0.39, 0.29) is 5.91 Å². The quantitative estimate of drug-likeness (QED) is 0.844. The van der Waals surface area contributed by atoms with Crippen LogP contribution in [0.1, 0.15) is 34.2 Å². The maximum atomic E-state index is 12.3. The number of carbonyl (C=O) groups is 1. The molecule has 19 heavy (non-hydrogen) atoms. The molecule has 0 spiro atoms. The van der Waals surface area contributed by atoms with Gasteiger partial charge in [-0.15, -0.1) is 0 Å². The SMILES string of the molecule is Cc1cn(C)c(C2CCN(C(=O)c3ccsc3)C2)n1. The van der Waals surface area contributed by atoms with Gasteiger partial charge in [0.2, 0.25) is 0 Å². The second-order valence-corrected chi connectivity index (χ2v) is 5.88. The van der Waals surface area contributed by atoms with Crippen LogP contribution >= 0.6 is 11.3 Å². The highest BCUT2D eigenvalue weighted by molar-refractivity contribution is 7.08. The minimum Gasteiger partial charge on any atom is -0.338 e. The van der Waals surface area contributed by atoms with Crippen molar-refractivity contribution in [1.29, 1.82) is 0 Å². The molecule has 4 nitrogen and oxygen atoms in total. The molecule has 0 saturated carbocycles. The van der Waals surface area contributed by atoms with Gasteiger partial charge in [0.15, 0.2) is 0 Å². The summed E-state index contributed by atoms with van der Waals surface area (Å²) >= 11 is 1.57. The molecule has 1 saturated heterocycles. The normalized spacial score (nSPS) is 19.1. The van der Waals surface area contributed by atoms with Crippen molar-refractivity contribution in [2.45, 2.75) is 19.3 Å². The van der Waals surface area contributed by atoms with Crippen LogP contribution in [0, 0.1) is 6.92 Å². The van der Waals surface area contributed by atoms with Crippen molar-refractivity contribution in [3.63, 3.8) is 0 Å². The number of aromatic nitrogens is 2. The standard InChI is InChI=1S/C14H17N3OS/c1-10-7-16(2)13(15-10)11-3-5-17(8-11)14(18)12-4-6-19-9-12/h4,6-7,9,11H,3,5,8H2,1-2H3. The highest BCUT2D eigenvalue weighted by atomic mass is 32.1. The number of hydrogen-bond donors (Lipinski definition) is 0. The van der Waals surface area contributed by atoms with E-state index in [4.69, 9.17) is 0 Å². The van der Waals surface area contributed by atoms with Crippen LogP contribution in [0.5, 0.6) is 0 Å². The third kappa shape index (κ3) is 2.30. The third-order valence-electron chi connectivity index (χ3n) is 3.64. The number of aryl methyl sites for hydroxylation is 2. The minimum absolute atomic E-state index is 0.148. The topological polar surface area (TPSA) is 38.1 Å². The van der Waals surface area contributed by atoms with E-state index in [1.807, 2.05) is 41.9 Å². The van der Waals surface area contributed by atoms with Crippen LogP contribution in [-0.2, 0) is 7.05 Å². The molecule has 0 aliphatic carbocycles. The molecule has 1 fully saturated rings. The molecule has 1 aliphatic rings. The van der Waals surface area contributed by atoms with Crippen molar-refractivity contribution in [3.8, 4) is 0 Å². The highest BCUT2D eigenvalue weighted by Gasteiger charge is 2.30. The zero-order chi connectivity index (χ0) is 13.4. The largest absolute Gasteiger partial charge is 0.338 e. The number of hydrogen-bond acceptors (Lipinski definition) is 3. The number of rotatable bonds is 2. The van der Waals surface area contributed by atoms with E-state index in [9.17, 15) is 4.79 Å². The molecule has 3 heterocycles. The monoisotopic (exact) mass is 275 g/mol. The summed E-state index contributed by atoms with van der Waals surface area (Å²) in [5.74, 6) is 1.61. The lowest BCUT2D eigenvalue weighted by Crippen LogP contribution is -2.28. The highest BCUT2D eigenvalue weighted by Crippen LogP contribution is 2.27. The Bertz CT molecular complexity index is 588. The molecular formula is C14H17N3OS. The molecule has 5 heteroatoms. The molecule has 2 aromatic rings. The molecule has 1 aliphatic heterocycles. The summed E-state index contributed by atoms with van der Waals surface area (Å²) in [6, 6.07) is 1.89. The number of carbonyl (C=O) groups excluding carboxylic acids is 1. The van der Waals surface area contributed by atoms with E-state index in [0.29, 0.717) is 5.92 Å². The lowest BCUT2D eigenvalue weighted by atomic mass is 10.1. The predicted octanol–water partition coefficient (Wildman–Crippen LogP) is 2.42. The summed E-state index contributed by atoms with van der Waals surface area (Å²) in [6.45, 7) is 3.61. The first-order chi connectivity index (χ1) is 9.15. The van der Waals surface area contributed by atoms with Crippen LogP contribution in [0.15, 0.2) is 23.0 Å². The summed E-state index contributed by atoms with van der Waals surface area (Å²) in [5.41, 5.74) is 1.85. The Morgan fingerprint density at radius 2 is 2.37 bits per heavy atom. The van der Waals surface area contributed by atoms with E-state index in [1.54, 1.807) is 11.3 Å². The van der Waals surface area contributed by atoms with Crippen LogP contribution in [0.25, 0.3) is 0 Å².